The summed E-state index contributed by atoms with van der Waals surface area (Å²) in [5, 5.41) is 1.82. The van der Waals surface area contributed by atoms with E-state index in [0.29, 0.717) is 30.6 Å². The lowest BCUT2D eigenvalue weighted by atomic mass is 9.76. The van der Waals surface area contributed by atoms with Crippen molar-refractivity contribution in [3.8, 4) is 0 Å². The molecule has 1 N–H and O–H groups in total. The second-order valence-corrected chi connectivity index (χ2v) is 14.1. The van der Waals surface area contributed by atoms with Crippen LogP contribution in [0.4, 0.5) is 0 Å². The van der Waals surface area contributed by atoms with E-state index in [9.17, 15) is 19.2 Å². The van der Waals surface area contributed by atoms with Gasteiger partial charge in [-0.15, -0.1) is 0 Å². The molecule has 3 heterocycles. The van der Waals surface area contributed by atoms with Crippen LogP contribution < -0.4 is 5.43 Å². The first-order valence-corrected chi connectivity index (χ1v) is 18.6. The molecule has 0 spiro atoms. The van der Waals surface area contributed by atoms with Crippen molar-refractivity contribution in [3.63, 3.8) is 0 Å². The predicted octanol–water partition coefficient (Wildman–Crippen LogP) is 6.86. The molecule has 1 aromatic heterocycles. The Bertz CT molecular complexity index is 2000. The zero-order chi connectivity index (χ0) is 37.3. The molecule has 5 aromatic rings. The molecule has 7 rings (SSSR count). The SMILES string of the molecule is O=C(C/C(=C\c1cccnc1)C(=O)N1CCC(=O)C(C(c2ccccc2)c2ccccc2)C1)NN1CCC(=O)C(C(c2ccccc2)c2ccccc2)C1. The van der Waals surface area contributed by atoms with Crippen LogP contribution in [0, 0.1) is 11.8 Å². The van der Waals surface area contributed by atoms with Gasteiger partial charge in [0.05, 0.1) is 6.42 Å². The molecule has 2 saturated heterocycles. The number of nitrogens with one attached hydrogen (secondary N) is 1. The lowest BCUT2D eigenvalue weighted by molar-refractivity contribution is -0.136. The quantitative estimate of drug-likeness (QED) is 0.150. The Morgan fingerprint density at radius 1 is 0.648 bits per heavy atom. The predicted molar refractivity (Wildman–Crippen MR) is 209 cm³/mol. The number of ketones is 2. The molecule has 0 aliphatic carbocycles. The number of carbonyl (C=O) groups is 4. The lowest BCUT2D eigenvalue weighted by Crippen LogP contribution is -2.52. The van der Waals surface area contributed by atoms with Crippen LogP contribution in [0.15, 0.2) is 151 Å². The summed E-state index contributed by atoms with van der Waals surface area (Å²) in [6, 6.07) is 43.6. The van der Waals surface area contributed by atoms with E-state index in [2.05, 4.69) is 10.4 Å². The number of Topliss-reactive ketones (excluding diaryl/α,β-unsaturated/α-hetero) is 2. The highest BCUT2D eigenvalue weighted by Gasteiger charge is 2.39. The number of hydrogen-bond acceptors (Lipinski definition) is 6. The van der Waals surface area contributed by atoms with Gasteiger partial charge in [0.1, 0.15) is 11.6 Å². The minimum atomic E-state index is -0.453. The number of pyridine rings is 1. The molecule has 4 aromatic carbocycles. The average molecular weight is 717 g/mol. The third-order valence-electron chi connectivity index (χ3n) is 10.6. The van der Waals surface area contributed by atoms with E-state index in [1.807, 2.05) is 132 Å². The Kier molecular flexibility index (Phi) is 11.6. The number of hydrazine groups is 1. The van der Waals surface area contributed by atoms with Crippen molar-refractivity contribution in [3.05, 3.63) is 179 Å². The van der Waals surface area contributed by atoms with Crippen LogP contribution in [-0.2, 0) is 19.2 Å². The molecule has 2 aliphatic heterocycles. The summed E-state index contributed by atoms with van der Waals surface area (Å²) in [7, 11) is 0. The van der Waals surface area contributed by atoms with E-state index in [4.69, 9.17) is 0 Å². The van der Waals surface area contributed by atoms with E-state index >= 15 is 0 Å². The summed E-state index contributed by atoms with van der Waals surface area (Å²) in [4.78, 5) is 61.4. The van der Waals surface area contributed by atoms with Gasteiger partial charge in [-0.25, -0.2) is 5.01 Å². The molecule has 272 valence electrons. The largest absolute Gasteiger partial charge is 0.338 e. The number of rotatable bonds is 11. The molecule has 8 nitrogen and oxygen atoms in total. The van der Waals surface area contributed by atoms with E-state index < -0.39 is 5.92 Å². The molecular formula is C46H44N4O4. The van der Waals surface area contributed by atoms with Crippen LogP contribution in [0.25, 0.3) is 6.08 Å². The maximum absolute atomic E-state index is 14.5. The highest BCUT2D eigenvalue weighted by molar-refractivity contribution is 6.03. The van der Waals surface area contributed by atoms with Gasteiger partial charge in [0.2, 0.25) is 11.8 Å². The van der Waals surface area contributed by atoms with Gasteiger partial charge in [-0.3, -0.25) is 29.6 Å². The van der Waals surface area contributed by atoms with Crippen LogP contribution >= 0.6 is 0 Å². The second kappa shape index (κ2) is 17.2. The normalized spacial score (nSPS) is 18.2. The van der Waals surface area contributed by atoms with E-state index in [1.165, 1.54) is 0 Å². The van der Waals surface area contributed by atoms with Crippen molar-refractivity contribution in [1.82, 2.24) is 20.3 Å². The van der Waals surface area contributed by atoms with Gasteiger partial charge in [-0.2, -0.15) is 0 Å². The smallest absolute Gasteiger partial charge is 0.250 e. The molecule has 2 aliphatic rings. The molecule has 2 unspecified atom stereocenters. The zero-order valence-electron chi connectivity index (χ0n) is 30.2. The minimum Gasteiger partial charge on any atom is -0.338 e. The summed E-state index contributed by atoms with van der Waals surface area (Å²) in [5.74, 6) is -1.59. The fraction of sp³-hybridized carbons (Fsp3) is 0.239. The zero-order valence-corrected chi connectivity index (χ0v) is 30.2. The molecule has 0 saturated carbocycles. The average Bonchev–Trinajstić information content (AvgIpc) is 3.21. The summed E-state index contributed by atoms with van der Waals surface area (Å²) >= 11 is 0. The summed E-state index contributed by atoms with van der Waals surface area (Å²) in [6.45, 7) is 1.22. The van der Waals surface area contributed by atoms with Crippen molar-refractivity contribution in [2.24, 2.45) is 11.8 Å². The molecule has 54 heavy (non-hydrogen) atoms. The molecule has 0 radical (unpaired) electrons. The van der Waals surface area contributed by atoms with Crippen LogP contribution in [-0.4, -0.2) is 64.5 Å². The van der Waals surface area contributed by atoms with E-state index in [0.717, 1.165) is 22.3 Å². The Morgan fingerprint density at radius 3 is 1.61 bits per heavy atom. The topological polar surface area (TPSA) is 99.7 Å². The molecule has 2 fully saturated rings. The number of likely N-dealkylation sites (tertiary alicyclic amines) is 1. The van der Waals surface area contributed by atoms with Gasteiger partial charge in [0, 0.05) is 80.7 Å². The first kappa shape index (κ1) is 36.4. The van der Waals surface area contributed by atoms with Crippen molar-refractivity contribution >= 4 is 29.5 Å². The van der Waals surface area contributed by atoms with Crippen LogP contribution in [0.3, 0.4) is 0 Å². The highest BCUT2D eigenvalue weighted by Crippen LogP contribution is 2.37. The third-order valence-corrected chi connectivity index (χ3v) is 10.6. The standard InChI is InChI=1S/C46H44N4O4/c51-41-23-26-49(31-39(41)44(34-15-5-1-6-16-34)35-17-7-2-8-18-35)46(54)38(28-33-14-13-25-47-30-33)29-43(53)48-50-27-24-42(52)40(32-50)45(36-19-9-3-10-20-36)37-21-11-4-12-22-37/h1-22,25,28,30,39-40,44-45H,23-24,26-27,29,31-32H2,(H,48,53)/b38-28+. The minimum absolute atomic E-state index is 0.116. The maximum Gasteiger partial charge on any atom is 0.250 e. The number of amides is 2. The molecule has 2 amide bonds. The number of benzene rings is 4. The van der Waals surface area contributed by atoms with Gasteiger partial charge in [-0.05, 0) is 40.0 Å². The molecular weight excluding hydrogens is 673 g/mol. The number of piperidine rings is 2. The van der Waals surface area contributed by atoms with Gasteiger partial charge < -0.3 is 4.90 Å². The first-order valence-electron chi connectivity index (χ1n) is 18.6. The fourth-order valence-corrected chi connectivity index (χ4v) is 7.99. The van der Waals surface area contributed by atoms with Gasteiger partial charge >= 0.3 is 0 Å². The molecule has 0 bridgehead atoms. The van der Waals surface area contributed by atoms with Gasteiger partial charge in [-0.1, -0.05) is 127 Å². The van der Waals surface area contributed by atoms with E-state index in [1.54, 1.807) is 29.4 Å². The molecule has 2 atom stereocenters. The maximum atomic E-state index is 14.5. The van der Waals surface area contributed by atoms with Crippen LogP contribution in [0.5, 0.6) is 0 Å². The van der Waals surface area contributed by atoms with Gasteiger partial charge in [0.15, 0.2) is 0 Å². The van der Waals surface area contributed by atoms with E-state index in [-0.39, 0.29) is 67.1 Å². The lowest BCUT2D eigenvalue weighted by Gasteiger charge is -2.37. The number of carbonyl (C=O) groups excluding carboxylic acids is 4. The monoisotopic (exact) mass is 716 g/mol. The van der Waals surface area contributed by atoms with Gasteiger partial charge in [0.25, 0.3) is 0 Å². The Morgan fingerprint density at radius 2 is 1.13 bits per heavy atom. The first-order chi connectivity index (χ1) is 26.4. The van der Waals surface area contributed by atoms with Crippen molar-refractivity contribution in [2.45, 2.75) is 31.1 Å². The van der Waals surface area contributed by atoms with Crippen LogP contribution in [0.1, 0.15) is 58.9 Å². The number of aromatic nitrogens is 1. The summed E-state index contributed by atoms with van der Waals surface area (Å²) in [6.07, 6.45) is 5.38. The van der Waals surface area contributed by atoms with Crippen molar-refractivity contribution < 1.29 is 19.2 Å². The molecule has 8 heteroatoms. The number of nitrogens with zero attached hydrogens (tertiary/aromatic N) is 3. The summed E-state index contributed by atoms with van der Waals surface area (Å²) < 4.78 is 0. The Balaban J connectivity index is 1.11. The highest BCUT2D eigenvalue weighted by atomic mass is 16.2. The summed E-state index contributed by atoms with van der Waals surface area (Å²) in [5.41, 5.74) is 8.16. The second-order valence-electron chi connectivity index (χ2n) is 14.1. The van der Waals surface area contributed by atoms with Crippen LogP contribution in [0.2, 0.25) is 0 Å². The van der Waals surface area contributed by atoms with Crippen molar-refractivity contribution in [2.75, 3.05) is 26.2 Å². The Hall–Kier alpha value is -5.99. The third kappa shape index (κ3) is 8.62. The fourth-order valence-electron chi connectivity index (χ4n) is 7.99. The Labute approximate surface area is 316 Å². The number of hydrogen-bond donors (Lipinski definition) is 1. The van der Waals surface area contributed by atoms with Crippen molar-refractivity contribution in [1.29, 1.82) is 0 Å².